The summed E-state index contributed by atoms with van der Waals surface area (Å²) in [7, 11) is 0. The lowest BCUT2D eigenvalue weighted by atomic mass is 10.0. The van der Waals surface area contributed by atoms with Gasteiger partial charge >= 0.3 is 23.3 Å². The molecule has 14 heteroatoms. The fourth-order valence-electron chi connectivity index (χ4n) is 3.89. The van der Waals surface area contributed by atoms with Crippen molar-refractivity contribution in [3.8, 4) is 11.5 Å². The summed E-state index contributed by atoms with van der Waals surface area (Å²) in [6, 6.07) is 5.95. The Kier molecular flexibility index (Phi) is 5.88. The smallest absolute Gasteiger partial charge is 0.475 e. The van der Waals surface area contributed by atoms with Crippen molar-refractivity contribution in [2.24, 2.45) is 0 Å². The van der Waals surface area contributed by atoms with Crippen LogP contribution in [0, 0.1) is 0 Å². The molecule has 178 valence electrons. The van der Waals surface area contributed by atoms with Gasteiger partial charge in [-0.25, -0.2) is 9.89 Å². The molecule has 1 spiro atoms. The molecular weight excluding hydrogens is 453 g/mol. The number of aromatic amines is 1. The van der Waals surface area contributed by atoms with Crippen LogP contribution in [0.4, 0.5) is 13.2 Å². The second-order valence-electron chi connectivity index (χ2n) is 7.78. The summed E-state index contributed by atoms with van der Waals surface area (Å²) in [4.78, 5) is 34.9. The summed E-state index contributed by atoms with van der Waals surface area (Å²) >= 11 is 0. The number of nitrogens with zero attached hydrogens (tertiary/aromatic N) is 3. The summed E-state index contributed by atoms with van der Waals surface area (Å²) in [6.07, 6.45) is -4.28. The highest BCUT2D eigenvalue weighted by atomic mass is 19.4. The van der Waals surface area contributed by atoms with Crippen LogP contribution in [0.25, 0.3) is 0 Å². The number of rotatable bonds is 2. The second kappa shape index (κ2) is 8.51. The van der Waals surface area contributed by atoms with Crippen molar-refractivity contribution >= 4 is 5.97 Å². The molecule has 33 heavy (non-hydrogen) atoms. The number of halogens is 3. The molecule has 0 amide bonds. The highest BCUT2D eigenvalue weighted by molar-refractivity contribution is 5.73. The van der Waals surface area contributed by atoms with Gasteiger partial charge in [0.25, 0.3) is 0 Å². The highest BCUT2D eigenvalue weighted by Crippen LogP contribution is 2.35. The molecule has 1 fully saturated rings. The Morgan fingerprint density at radius 3 is 2.67 bits per heavy atom. The predicted molar refractivity (Wildman–Crippen MR) is 103 cm³/mol. The van der Waals surface area contributed by atoms with Gasteiger partial charge in [0, 0.05) is 19.6 Å². The molecule has 2 N–H and O–H groups in total. The van der Waals surface area contributed by atoms with Gasteiger partial charge in [-0.15, -0.1) is 0 Å². The molecule has 4 heterocycles. The fraction of sp³-hybridized carbons (Fsp3) is 0.474. The number of carbonyl (C=O) groups is 1. The number of ether oxygens (including phenoxy) is 3. The molecule has 3 aliphatic heterocycles. The Bertz CT molecular complexity index is 1180. The number of carboxylic acids is 1. The number of aliphatic carboxylic acids is 1. The van der Waals surface area contributed by atoms with Gasteiger partial charge in [0.05, 0.1) is 6.54 Å². The minimum absolute atomic E-state index is 0.226. The zero-order valence-corrected chi connectivity index (χ0v) is 17.1. The van der Waals surface area contributed by atoms with E-state index in [1.165, 1.54) is 4.57 Å². The van der Waals surface area contributed by atoms with Gasteiger partial charge < -0.3 is 19.3 Å². The SMILES string of the molecule is O=C(O)C(F)(F)F.O=c1[nH]nc2n(c1=O)CC1(CCN(Cc3ccc4c(c3)OCO4)C1)OC2. The zero-order chi connectivity index (χ0) is 23.8. The zero-order valence-electron chi connectivity index (χ0n) is 17.1. The van der Waals surface area contributed by atoms with Crippen LogP contribution in [0.15, 0.2) is 27.8 Å². The molecule has 2 aromatic rings. The molecule has 1 aromatic carbocycles. The van der Waals surface area contributed by atoms with Crippen LogP contribution in [0.3, 0.4) is 0 Å². The quantitative estimate of drug-likeness (QED) is 0.598. The van der Waals surface area contributed by atoms with Crippen LogP contribution >= 0.6 is 0 Å². The first-order chi connectivity index (χ1) is 15.6. The summed E-state index contributed by atoms with van der Waals surface area (Å²) in [5.74, 6) is -0.742. The molecule has 0 bridgehead atoms. The maximum Gasteiger partial charge on any atom is 0.490 e. The Hall–Kier alpha value is -3.39. The number of hydrogen-bond donors (Lipinski definition) is 2. The minimum atomic E-state index is -5.08. The van der Waals surface area contributed by atoms with Crippen LogP contribution in [-0.2, 0) is 29.2 Å². The molecule has 0 saturated carbocycles. The number of nitrogens with one attached hydrogen (secondary N) is 1. The molecule has 1 aromatic heterocycles. The number of H-pyrrole nitrogens is 1. The van der Waals surface area contributed by atoms with E-state index >= 15 is 0 Å². The van der Waals surface area contributed by atoms with Crippen LogP contribution in [0.2, 0.25) is 0 Å². The van der Waals surface area contributed by atoms with E-state index in [9.17, 15) is 22.8 Å². The Labute approximate surface area is 183 Å². The van der Waals surface area contributed by atoms with Gasteiger partial charge in [-0.3, -0.25) is 19.1 Å². The van der Waals surface area contributed by atoms with Crippen LogP contribution in [0.1, 0.15) is 17.8 Å². The van der Waals surface area contributed by atoms with Gasteiger partial charge in [0.15, 0.2) is 17.3 Å². The van der Waals surface area contributed by atoms with Gasteiger partial charge in [0.1, 0.15) is 12.2 Å². The Balaban J connectivity index is 0.000000325. The summed E-state index contributed by atoms with van der Waals surface area (Å²) < 4.78 is 50.0. The summed E-state index contributed by atoms with van der Waals surface area (Å²) in [5.41, 5.74) is -0.575. The average molecular weight is 472 g/mol. The lowest BCUT2D eigenvalue weighted by Gasteiger charge is -2.34. The third kappa shape index (κ3) is 4.85. The van der Waals surface area contributed by atoms with E-state index in [0.717, 1.165) is 36.6 Å². The van der Waals surface area contributed by atoms with E-state index in [0.29, 0.717) is 18.9 Å². The third-order valence-corrected chi connectivity index (χ3v) is 5.47. The van der Waals surface area contributed by atoms with Crippen LogP contribution in [-0.4, -0.2) is 62.4 Å². The van der Waals surface area contributed by atoms with Crippen LogP contribution in [0.5, 0.6) is 11.5 Å². The Morgan fingerprint density at radius 1 is 1.21 bits per heavy atom. The number of hydrogen-bond acceptors (Lipinski definition) is 8. The van der Waals surface area contributed by atoms with Crippen molar-refractivity contribution in [3.05, 3.63) is 50.3 Å². The molecular formula is C19H19F3N4O7. The van der Waals surface area contributed by atoms with Crippen molar-refractivity contribution in [1.29, 1.82) is 0 Å². The van der Waals surface area contributed by atoms with Gasteiger partial charge in [-0.05, 0) is 24.1 Å². The number of likely N-dealkylation sites (tertiary alicyclic amines) is 1. The number of aromatic nitrogens is 3. The van der Waals surface area contributed by atoms with E-state index in [1.54, 1.807) is 0 Å². The summed E-state index contributed by atoms with van der Waals surface area (Å²) in [5, 5.41) is 13.3. The highest BCUT2D eigenvalue weighted by Gasteiger charge is 2.43. The van der Waals surface area contributed by atoms with Gasteiger partial charge in [-0.2, -0.15) is 18.3 Å². The molecule has 5 rings (SSSR count). The van der Waals surface area contributed by atoms with E-state index in [4.69, 9.17) is 24.1 Å². The van der Waals surface area contributed by atoms with Crippen molar-refractivity contribution < 1.29 is 37.3 Å². The number of carboxylic acid groups (broad SMARTS) is 1. The van der Waals surface area contributed by atoms with Crippen molar-refractivity contribution in [1.82, 2.24) is 19.7 Å². The number of fused-ring (bicyclic) bond motifs is 2. The predicted octanol–water partition coefficient (Wildman–Crippen LogP) is 0.468. The normalized spacial score (nSPS) is 21.4. The lowest BCUT2D eigenvalue weighted by molar-refractivity contribution is -0.192. The topological polar surface area (TPSA) is 136 Å². The third-order valence-electron chi connectivity index (χ3n) is 5.47. The van der Waals surface area contributed by atoms with E-state index in [-0.39, 0.29) is 13.4 Å². The second-order valence-corrected chi connectivity index (χ2v) is 7.78. The number of benzene rings is 1. The molecule has 0 aliphatic carbocycles. The first-order valence-electron chi connectivity index (χ1n) is 9.80. The molecule has 1 atom stereocenters. The minimum Gasteiger partial charge on any atom is -0.475 e. The maximum absolute atomic E-state index is 12.1. The molecule has 1 unspecified atom stereocenters. The monoisotopic (exact) mass is 472 g/mol. The van der Waals surface area contributed by atoms with E-state index in [2.05, 4.69) is 15.1 Å². The standard InChI is InChI=1S/C17H18N4O5.C2HF3O2/c22-15-16(23)21-9-17(26-7-14(21)18-19-15)3-4-20(8-17)6-11-1-2-12-13(5-11)25-10-24-12;3-2(4,5)1(6)7/h1-2,5H,3-4,6-10H2,(H,19,22);(H,6,7). The van der Waals surface area contributed by atoms with E-state index < -0.39 is 28.9 Å². The first-order valence-corrected chi connectivity index (χ1v) is 9.80. The van der Waals surface area contributed by atoms with Crippen molar-refractivity contribution in [2.75, 3.05) is 19.9 Å². The maximum atomic E-state index is 12.1. The Morgan fingerprint density at radius 2 is 1.94 bits per heavy atom. The van der Waals surface area contributed by atoms with Crippen molar-refractivity contribution in [2.45, 2.75) is 37.9 Å². The largest absolute Gasteiger partial charge is 0.490 e. The molecule has 3 aliphatic rings. The fourth-order valence-corrected chi connectivity index (χ4v) is 3.89. The van der Waals surface area contributed by atoms with Crippen LogP contribution < -0.4 is 20.6 Å². The van der Waals surface area contributed by atoms with Crippen molar-refractivity contribution in [3.63, 3.8) is 0 Å². The van der Waals surface area contributed by atoms with E-state index in [1.807, 2.05) is 18.2 Å². The lowest BCUT2D eigenvalue weighted by Crippen LogP contribution is -2.51. The van der Waals surface area contributed by atoms with Gasteiger partial charge in [0.2, 0.25) is 6.79 Å². The summed E-state index contributed by atoms with van der Waals surface area (Å²) in [6.45, 7) is 3.16. The average Bonchev–Trinajstić information content (AvgIpc) is 3.38. The number of alkyl halides is 3. The van der Waals surface area contributed by atoms with Gasteiger partial charge in [-0.1, -0.05) is 6.07 Å². The molecule has 11 nitrogen and oxygen atoms in total. The molecule has 1 saturated heterocycles. The first kappa shape index (κ1) is 22.8. The molecule has 0 radical (unpaired) electrons.